The number of hydrogen-bond donors (Lipinski definition) is 0. The van der Waals surface area contributed by atoms with Crippen molar-refractivity contribution in [3.63, 3.8) is 0 Å². The predicted octanol–water partition coefficient (Wildman–Crippen LogP) is 5.69. The molecule has 0 radical (unpaired) electrons. The average Bonchev–Trinajstić information content (AvgIpc) is 3.22. The summed E-state index contributed by atoms with van der Waals surface area (Å²) in [6.07, 6.45) is 5.59. The highest BCUT2D eigenvalue weighted by Crippen LogP contribution is 2.26. The molecule has 3 aromatic rings. The molecule has 2 aromatic carbocycles. The van der Waals surface area contributed by atoms with Crippen LogP contribution >= 0.6 is 11.8 Å². The number of hydrogen-bond acceptors (Lipinski definition) is 4. The summed E-state index contributed by atoms with van der Waals surface area (Å²) in [6.45, 7) is 6.26. The Bertz CT molecular complexity index is 1040. The van der Waals surface area contributed by atoms with Crippen LogP contribution in [0.25, 0.3) is 5.69 Å². The van der Waals surface area contributed by atoms with E-state index in [1.807, 2.05) is 6.07 Å². The number of nitrogens with zero attached hydrogens (tertiary/aromatic N) is 4. The minimum absolute atomic E-state index is 0.320. The van der Waals surface area contributed by atoms with Crippen molar-refractivity contribution in [2.75, 3.05) is 18.8 Å². The molecule has 1 aromatic heterocycles. The molecule has 4 rings (SSSR count). The van der Waals surface area contributed by atoms with E-state index in [1.54, 1.807) is 11.8 Å². The average molecular weight is 463 g/mol. The molecule has 0 unspecified atom stereocenters. The molecule has 33 heavy (non-hydrogen) atoms. The lowest BCUT2D eigenvalue weighted by Gasteiger charge is -2.30. The zero-order chi connectivity index (χ0) is 23.0. The maximum absolute atomic E-state index is 12.5. The van der Waals surface area contributed by atoms with Crippen LogP contribution in [0.1, 0.15) is 56.0 Å². The van der Waals surface area contributed by atoms with Gasteiger partial charge in [-0.1, -0.05) is 67.2 Å². The SMILES string of the molecule is Cc1ccccc1-n1c(Cc2ccccc2)nnc1SCCCCC(=O)N1CCC(C)CC1. The minimum atomic E-state index is 0.320. The van der Waals surface area contributed by atoms with Crippen LogP contribution in [0.3, 0.4) is 0 Å². The van der Waals surface area contributed by atoms with Crippen LogP contribution in [0.5, 0.6) is 0 Å². The number of carbonyl (C=O) groups excluding carboxylic acids is 1. The van der Waals surface area contributed by atoms with Gasteiger partial charge in [-0.3, -0.25) is 9.36 Å². The Morgan fingerprint density at radius 2 is 1.73 bits per heavy atom. The van der Waals surface area contributed by atoms with Crippen LogP contribution in [0, 0.1) is 12.8 Å². The Hall–Kier alpha value is -2.60. The summed E-state index contributed by atoms with van der Waals surface area (Å²) in [5, 5.41) is 10.0. The molecule has 0 bridgehead atoms. The maximum Gasteiger partial charge on any atom is 0.222 e. The van der Waals surface area contributed by atoms with E-state index in [1.165, 1.54) is 11.1 Å². The van der Waals surface area contributed by atoms with Crippen molar-refractivity contribution in [1.82, 2.24) is 19.7 Å². The van der Waals surface area contributed by atoms with Crippen molar-refractivity contribution in [2.45, 2.75) is 57.5 Å². The van der Waals surface area contributed by atoms with E-state index in [-0.39, 0.29) is 0 Å². The van der Waals surface area contributed by atoms with Crippen molar-refractivity contribution in [3.05, 3.63) is 71.5 Å². The van der Waals surface area contributed by atoms with Crippen LogP contribution in [0.15, 0.2) is 59.8 Å². The molecule has 6 heteroatoms. The first-order chi connectivity index (χ1) is 16.1. The fraction of sp³-hybridized carbons (Fsp3) is 0.444. The fourth-order valence-electron chi connectivity index (χ4n) is 4.30. The van der Waals surface area contributed by atoms with E-state index in [4.69, 9.17) is 0 Å². The lowest BCUT2D eigenvalue weighted by atomic mass is 9.99. The zero-order valence-electron chi connectivity index (χ0n) is 19.7. The van der Waals surface area contributed by atoms with Crippen molar-refractivity contribution in [3.8, 4) is 5.69 Å². The van der Waals surface area contributed by atoms with Crippen LogP contribution in [0.4, 0.5) is 0 Å². The molecule has 1 aliphatic rings. The third-order valence-electron chi connectivity index (χ3n) is 6.41. The molecule has 0 atom stereocenters. The normalized spacial score (nSPS) is 14.5. The Morgan fingerprint density at radius 3 is 2.48 bits per heavy atom. The first-order valence-electron chi connectivity index (χ1n) is 12.1. The van der Waals surface area contributed by atoms with Gasteiger partial charge in [0.1, 0.15) is 5.82 Å². The number of thioether (sulfide) groups is 1. The van der Waals surface area contributed by atoms with Gasteiger partial charge in [-0.2, -0.15) is 0 Å². The molecule has 1 fully saturated rings. The standard InChI is InChI=1S/C27H34N4OS/c1-21-15-17-30(18-16-21)26(32)14-8-9-19-33-27-29-28-25(20-23-11-4-3-5-12-23)31(27)24-13-7-6-10-22(24)2/h3-7,10-13,21H,8-9,14-20H2,1-2H3. The molecule has 0 saturated carbocycles. The second-order valence-electron chi connectivity index (χ2n) is 9.05. The number of amides is 1. The minimum Gasteiger partial charge on any atom is -0.343 e. The highest BCUT2D eigenvalue weighted by molar-refractivity contribution is 7.99. The summed E-state index contributed by atoms with van der Waals surface area (Å²) >= 11 is 1.73. The van der Waals surface area contributed by atoms with Crippen LogP contribution in [-0.2, 0) is 11.2 Å². The fourth-order valence-corrected chi connectivity index (χ4v) is 5.26. The molecule has 1 aliphatic heterocycles. The van der Waals surface area contributed by atoms with Gasteiger partial charge in [0.05, 0.1) is 5.69 Å². The highest BCUT2D eigenvalue weighted by Gasteiger charge is 2.20. The number of benzene rings is 2. The predicted molar refractivity (Wildman–Crippen MR) is 135 cm³/mol. The summed E-state index contributed by atoms with van der Waals surface area (Å²) < 4.78 is 2.20. The Balaban J connectivity index is 1.37. The van der Waals surface area contributed by atoms with Gasteiger partial charge in [-0.15, -0.1) is 10.2 Å². The summed E-state index contributed by atoms with van der Waals surface area (Å²) in [5.41, 5.74) is 3.56. The third kappa shape index (κ3) is 6.26. The number of para-hydroxylation sites is 1. The largest absolute Gasteiger partial charge is 0.343 e. The molecule has 5 nitrogen and oxygen atoms in total. The van der Waals surface area contributed by atoms with Crippen molar-refractivity contribution >= 4 is 17.7 Å². The number of carbonyl (C=O) groups is 1. The Labute approximate surface area is 201 Å². The second kappa shape index (κ2) is 11.5. The third-order valence-corrected chi connectivity index (χ3v) is 7.43. The number of likely N-dealkylation sites (tertiary alicyclic amines) is 1. The molecular formula is C27H34N4OS. The van der Waals surface area contributed by atoms with Crippen molar-refractivity contribution < 1.29 is 4.79 Å². The summed E-state index contributed by atoms with van der Waals surface area (Å²) in [6, 6.07) is 18.8. The van der Waals surface area contributed by atoms with E-state index in [2.05, 4.69) is 82.0 Å². The first-order valence-corrected chi connectivity index (χ1v) is 13.0. The topological polar surface area (TPSA) is 51.0 Å². The van der Waals surface area contributed by atoms with Crippen LogP contribution in [0.2, 0.25) is 0 Å². The van der Waals surface area contributed by atoms with Crippen molar-refractivity contribution in [1.29, 1.82) is 0 Å². The molecule has 0 aliphatic carbocycles. The van der Waals surface area contributed by atoms with Crippen LogP contribution < -0.4 is 0 Å². The van der Waals surface area contributed by atoms with Crippen LogP contribution in [-0.4, -0.2) is 44.4 Å². The molecule has 0 spiro atoms. The Kier molecular flexibility index (Phi) is 8.21. The second-order valence-corrected chi connectivity index (χ2v) is 10.1. The molecule has 2 heterocycles. The van der Waals surface area contributed by atoms with Crippen molar-refractivity contribution in [2.24, 2.45) is 5.92 Å². The maximum atomic E-state index is 12.5. The molecule has 174 valence electrons. The van der Waals surface area contributed by atoms with Gasteiger partial charge >= 0.3 is 0 Å². The van der Waals surface area contributed by atoms with Gasteiger partial charge in [0.25, 0.3) is 0 Å². The molecule has 1 saturated heterocycles. The zero-order valence-corrected chi connectivity index (χ0v) is 20.6. The number of aryl methyl sites for hydroxylation is 1. The summed E-state index contributed by atoms with van der Waals surface area (Å²) in [7, 11) is 0. The number of unbranched alkanes of at least 4 members (excludes halogenated alkanes) is 1. The van der Waals surface area contributed by atoms with Gasteiger partial charge < -0.3 is 4.90 Å². The molecule has 0 N–H and O–H groups in total. The monoisotopic (exact) mass is 462 g/mol. The smallest absolute Gasteiger partial charge is 0.222 e. The Morgan fingerprint density at radius 1 is 1.00 bits per heavy atom. The van der Waals surface area contributed by atoms with Gasteiger partial charge in [-0.25, -0.2) is 0 Å². The van der Waals surface area contributed by atoms with Gasteiger partial charge in [0.2, 0.25) is 5.91 Å². The highest BCUT2D eigenvalue weighted by atomic mass is 32.2. The number of rotatable bonds is 9. The molecule has 1 amide bonds. The van der Waals surface area contributed by atoms with E-state index in [0.29, 0.717) is 12.3 Å². The van der Waals surface area contributed by atoms with Gasteiger partial charge in [0, 0.05) is 31.7 Å². The van der Waals surface area contributed by atoms with E-state index in [9.17, 15) is 4.79 Å². The molecular weight excluding hydrogens is 428 g/mol. The summed E-state index contributed by atoms with van der Waals surface area (Å²) in [4.78, 5) is 14.5. The lowest BCUT2D eigenvalue weighted by molar-refractivity contribution is -0.132. The van der Waals surface area contributed by atoms with Gasteiger partial charge in [0.15, 0.2) is 5.16 Å². The number of piperidine rings is 1. The first kappa shape index (κ1) is 23.6. The van der Waals surface area contributed by atoms with E-state index >= 15 is 0 Å². The van der Waals surface area contributed by atoms with E-state index < -0.39 is 0 Å². The van der Waals surface area contributed by atoms with Gasteiger partial charge in [-0.05, 0) is 55.7 Å². The quantitative estimate of drug-likeness (QED) is 0.303. The van der Waals surface area contributed by atoms with E-state index in [0.717, 1.165) is 73.5 Å². The summed E-state index contributed by atoms with van der Waals surface area (Å²) in [5.74, 6) is 2.95. The lowest BCUT2D eigenvalue weighted by Crippen LogP contribution is -2.37. The number of aromatic nitrogens is 3.